The predicted octanol–water partition coefficient (Wildman–Crippen LogP) is 5.06. The van der Waals surface area contributed by atoms with Crippen LogP contribution in [0.4, 0.5) is 24.5 Å². The van der Waals surface area contributed by atoms with Gasteiger partial charge in [0.1, 0.15) is 0 Å². The molecule has 33 heavy (non-hydrogen) atoms. The Balaban J connectivity index is 1.49. The van der Waals surface area contributed by atoms with Gasteiger partial charge in [0.2, 0.25) is 11.1 Å². The molecule has 0 bridgehead atoms. The van der Waals surface area contributed by atoms with Crippen molar-refractivity contribution in [2.75, 3.05) is 29.1 Å². The van der Waals surface area contributed by atoms with E-state index in [-0.39, 0.29) is 11.4 Å². The van der Waals surface area contributed by atoms with Crippen molar-refractivity contribution in [1.82, 2.24) is 20.2 Å². The van der Waals surface area contributed by atoms with Crippen LogP contribution in [0, 0.1) is 0 Å². The lowest BCUT2D eigenvalue weighted by atomic mass is 10.1. The van der Waals surface area contributed by atoms with Gasteiger partial charge < -0.3 is 10.2 Å². The van der Waals surface area contributed by atoms with E-state index in [4.69, 9.17) is 11.6 Å². The zero-order chi connectivity index (χ0) is 23.4. The Kier molecular flexibility index (Phi) is 7.08. The molecule has 0 radical (unpaired) electrons. The van der Waals surface area contributed by atoms with Crippen molar-refractivity contribution in [2.24, 2.45) is 0 Å². The molecule has 12 heteroatoms. The third kappa shape index (κ3) is 5.77. The molecule has 3 aromatic rings. The van der Waals surface area contributed by atoms with Crippen molar-refractivity contribution in [3.63, 3.8) is 0 Å². The molecular formula is C21H20ClF3N6OS. The number of carbonyl (C=O) groups excluding carboxylic acids is 1. The van der Waals surface area contributed by atoms with Crippen LogP contribution in [-0.4, -0.2) is 45.0 Å². The molecule has 1 aromatic heterocycles. The average Bonchev–Trinajstić information content (AvgIpc) is 3.27. The van der Waals surface area contributed by atoms with Crippen molar-refractivity contribution in [1.29, 1.82) is 0 Å². The van der Waals surface area contributed by atoms with E-state index in [0.29, 0.717) is 21.6 Å². The van der Waals surface area contributed by atoms with Crippen LogP contribution < -0.4 is 10.2 Å². The van der Waals surface area contributed by atoms with Crippen molar-refractivity contribution in [2.45, 2.75) is 30.6 Å². The fraction of sp³-hybridized carbons (Fsp3) is 0.333. The fourth-order valence-electron chi connectivity index (χ4n) is 3.55. The maximum Gasteiger partial charge on any atom is 0.416 e. The van der Waals surface area contributed by atoms with Gasteiger partial charge in [-0.3, -0.25) is 4.79 Å². The molecule has 2 aromatic carbocycles. The number of hydrogen-bond acceptors (Lipinski definition) is 6. The Hall–Kier alpha value is -2.79. The quantitative estimate of drug-likeness (QED) is 0.481. The summed E-state index contributed by atoms with van der Waals surface area (Å²) in [4.78, 5) is 14.7. The van der Waals surface area contributed by atoms with E-state index in [2.05, 4.69) is 20.8 Å². The van der Waals surface area contributed by atoms with E-state index in [9.17, 15) is 18.0 Å². The van der Waals surface area contributed by atoms with Crippen molar-refractivity contribution >= 4 is 40.6 Å². The molecule has 2 heterocycles. The maximum absolute atomic E-state index is 13.3. The number of piperidine rings is 1. The number of anilines is 2. The van der Waals surface area contributed by atoms with Crippen LogP contribution in [0.1, 0.15) is 24.8 Å². The molecule has 1 N–H and O–H groups in total. The number of aromatic nitrogens is 4. The zero-order valence-corrected chi connectivity index (χ0v) is 18.9. The van der Waals surface area contributed by atoms with Crippen LogP contribution >= 0.6 is 23.4 Å². The summed E-state index contributed by atoms with van der Waals surface area (Å²) in [6, 6.07) is 10.3. The third-order valence-corrected chi connectivity index (χ3v) is 6.31. The Morgan fingerprint density at radius 1 is 1.09 bits per heavy atom. The van der Waals surface area contributed by atoms with Crippen molar-refractivity contribution in [3.8, 4) is 5.69 Å². The number of thioether (sulfide) groups is 1. The first-order valence-electron chi connectivity index (χ1n) is 10.2. The van der Waals surface area contributed by atoms with Crippen LogP contribution in [0.3, 0.4) is 0 Å². The Bertz CT molecular complexity index is 1120. The summed E-state index contributed by atoms with van der Waals surface area (Å²) < 4.78 is 41.3. The first kappa shape index (κ1) is 23.4. The number of halogens is 4. The van der Waals surface area contributed by atoms with Gasteiger partial charge in [0.05, 0.1) is 28.4 Å². The molecule has 0 aliphatic carbocycles. The molecule has 1 aliphatic heterocycles. The van der Waals surface area contributed by atoms with E-state index in [1.807, 2.05) is 4.90 Å². The lowest BCUT2D eigenvalue weighted by molar-refractivity contribution is -0.137. The summed E-state index contributed by atoms with van der Waals surface area (Å²) in [6.45, 7) is 1.47. The van der Waals surface area contributed by atoms with E-state index in [1.165, 1.54) is 10.7 Å². The Morgan fingerprint density at radius 3 is 2.52 bits per heavy atom. The molecule has 1 fully saturated rings. The number of nitrogens with zero attached hydrogens (tertiary/aromatic N) is 5. The van der Waals surface area contributed by atoms with Gasteiger partial charge in [-0.25, -0.2) is 0 Å². The molecule has 0 atom stereocenters. The summed E-state index contributed by atoms with van der Waals surface area (Å²) in [6.07, 6.45) is -1.51. The monoisotopic (exact) mass is 496 g/mol. The van der Waals surface area contributed by atoms with E-state index < -0.39 is 17.6 Å². The van der Waals surface area contributed by atoms with Crippen LogP contribution in [0.2, 0.25) is 5.02 Å². The van der Waals surface area contributed by atoms with Crippen molar-refractivity contribution in [3.05, 3.63) is 53.1 Å². The van der Waals surface area contributed by atoms with Gasteiger partial charge in [0.15, 0.2) is 0 Å². The number of hydrogen-bond donors (Lipinski definition) is 1. The molecule has 1 amide bonds. The van der Waals surface area contributed by atoms with Crippen LogP contribution in [-0.2, 0) is 11.0 Å². The largest absolute Gasteiger partial charge is 0.416 e. The lowest BCUT2D eigenvalue weighted by Gasteiger charge is -2.31. The number of nitrogens with one attached hydrogen (secondary N) is 1. The Morgan fingerprint density at radius 2 is 1.82 bits per heavy atom. The summed E-state index contributed by atoms with van der Waals surface area (Å²) in [5, 5.41) is 15.1. The highest BCUT2D eigenvalue weighted by atomic mass is 35.5. The first-order valence-corrected chi connectivity index (χ1v) is 11.6. The predicted molar refractivity (Wildman–Crippen MR) is 121 cm³/mol. The number of benzene rings is 2. The van der Waals surface area contributed by atoms with Crippen LogP contribution in [0.5, 0.6) is 0 Å². The van der Waals surface area contributed by atoms with E-state index in [0.717, 1.165) is 56.2 Å². The second kappa shape index (κ2) is 10.0. The second-order valence-electron chi connectivity index (χ2n) is 7.46. The van der Waals surface area contributed by atoms with Crippen molar-refractivity contribution < 1.29 is 18.0 Å². The van der Waals surface area contributed by atoms with Crippen LogP contribution in [0.25, 0.3) is 5.69 Å². The Labute approximate surface area is 197 Å². The molecule has 0 unspecified atom stereocenters. The number of amides is 1. The highest BCUT2D eigenvalue weighted by molar-refractivity contribution is 7.99. The van der Waals surface area contributed by atoms with E-state index >= 15 is 0 Å². The number of rotatable bonds is 6. The first-order chi connectivity index (χ1) is 15.8. The smallest absolute Gasteiger partial charge is 0.370 e. The third-order valence-electron chi connectivity index (χ3n) is 5.14. The lowest BCUT2D eigenvalue weighted by Crippen LogP contribution is -2.30. The topological polar surface area (TPSA) is 75.9 Å². The molecule has 0 saturated carbocycles. The molecule has 174 valence electrons. The van der Waals surface area contributed by atoms with Gasteiger partial charge in [-0.1, -0.05) is 23.4 Å². The van der Waals surface area contributed by atoms with Gasteiger partial charge in [-0.15, -0.1) is 5.10 Å². The van der Waals surface area contributed by atoms with Gasteiger partial charge in [-0.2, -0.15) is 17.9 Å². The minimum atomic E-state index is -4.50. The normalized spacial score (nSPS) is 14.4. The van der Waals surface area contributed by atoms with Gasteiger partial charge in [-0.05, 0) is 72.2 Å². The summed E-state index contributed by atoms with van der Waals surface area (Å²) >= 11 is 6.99. The van der Waals surface area contributed by atoms with Gasteiger partial charge in [0.25, 0.3) is 0 Å². The maximum atomic E-state index is 13.3. The molecule has 0 spiro atoms. The molecular weight excluding hydrogens is 477 g/mol. The summed E-state index contributed by atoms with van der Waals surface area (Å²) in [5.41, 5.74) is 0.595. The molecule has 1 saturated heterocycles. The van der Waals surface area contributed by atoms with Crippen LogP contribution in [0.15, 0.2) is 47.6 Å². The zero-order valence-electron chi connectivity index (χ0n) is 17.3. The fourth-order valence-corrected chi connectivity index (χ4v) is 4.37. The second-order valence-corrected chi connectivity index (χ2v) is 8.84. The number of tetrazole rings is 1. The minimum absolute atomic E-state index is 0.0797. The SMILES string of the molecule is O=C(CSc1nnnn1-c1ccc(Cl)cc1)Nc1cc(C(F)(F)F)ccc1N1CCCCC1. The van der Waals surface area contributed by atoms with Gasteiger partial charge in [0, 0.05) is 18.1 Å². The summed E-state index contributed by atoms with van der Waals surface area (Å²) in [5.74, 6) is -0.535. The number of carbonyl (C=O) groups is 1. The standard InChI is InChI=1S/C21H20ClF3N6OS/c22-15-5-7-16(8-6-15)31-20(27-28-29-31)33-13-19(32)26-17-12-14(21(23,24)25)4-9-18(17)30-10-2-1-3-11-30/h4-9,12H,1-3,10-11,13H2,(H,26,32). The highest BCUT2D eigenvalue weighted by Gasteiger charge is 2.32. The average molecular weight is 497 g/mol. The summed E-state index contributed by atoms with van der Waals surface area (Å²) in [7, 11) is 0. The molecule has 1 aliphatic rings. The highest BCUT2D eigenvalue weighted by Crippen LogP contribution is 2.36. The van der Waals surface area contributed by atoms with Gasteiger partial charge >= 0.3 is 6.18 Å². The molecule has 4 rings (SSSR count). The number of alkyl halides is 3. The molecule has 7 nitrogen and oxygen atoms in total. The minimum Gasteiger partial charge on any atom is -0.370 e. The van der Waals surface area contributed by atoms with E-state index in [1.54, 1.807) is 24.3 Å².